The topological polar surface area (TPSA) is 96.0 Å². The van der Waals surface area contributed by atoms with E-state index in [0.29, 0.717) is 18.2 Å². The highest BCUT2D eigenvalue weighted by molar-refractivity contribution is 7.66. The van der Waals surface area contributed by atoms with Crippen molar-refractivity contribution in [3.8, 4) is 17.2 Å². The molecule has 0 heterocycles. The summed E-state index contributed by atoms with van der Waals surface area (Å²) in [6.45, 7) is 0. The molecule has 0 aliphatic rings. The molecular formula is C36H21F6O7P. The molecule has 1 unspecified atom stereocenters. The summed E-state index contributed by atoms with van der Waals surface area (Å²) in [7, 11) is -1.65. The van der Waals surface area contributed by atoms with Gasteiger partial charge in [0.15, 0.2) is 5.52 Å². The summed E-state index contributed by atoms with van der Waals surface area (Å²) < 4.78 is 100. The maximum Gasteiger partial charge on any atom is 0.417 e. The average molecular weight is 711 g/mol. The van der Waals surface area contributed by atoms with Crippen LogP contribution in [0.4, 0.5) is 26.3 Å². The lowest BCUT2D eigenvalue weighted by Gasteiger charge is -2.20. The Morgan fingerprint density at radius 3 is 1.20 bits per heavy atom. The van der Waals surface area contributed by atoms with Gasteiger partial charge in [-0.25, -0.2) is 14.4 Å². The highest BCUT2D eigenvalue weighted by Crippen LogP contribution is 2.43. The van der Waals surface area contributed by atoms with Crippen molar-refractivity contribution in [3.63, 3.8) is 0 Å². The van der Waals surface area contributed by atoms with Gasteiger partial charge in [0.1, 0.15) is 17.2 Å². The van der Waals surface area contributed by atoms with Crippen LogP contribution in [0.3, 0.4) is 0 Å². The first-order valence-electron chi connectivity index (χ1n) is 14.3. The Labute approximate surface area is 281 Å². The first-order valence-corrected chi connectivity index (χ1v) is 15.3. The molecule has 5 rings (SSSR count). The lowest BCUT2D eigenvalue weighted by molar-refractivity contribution is -0.143. The SMILES string of the molecule is O=C(Oc1cc(OC(=O)c2ccccc2)c(PC(=O)c2c(C(F)(F)F)cccc2C(F)(F)F)c(OC(=O)c2ccccc2)c1)c1ccccc1. The molecule has 0 aliphatic carbocycles. The summed E-state index contributed by atoms with van der Waals surface area (Å²) in [5, 5.41) is -0.562. The smallest absolute Gasteiger partial charge is 0.417 e. The molecule has 5 aromatic rings. The largest absolute Gasteiger partial charge is 0.423 e. The van der Waals surface area contributed by atoms with Gasteiger partial charge in [0.2, 0.25) is 0 Å². The van der Waals surface area contributed by atoms with Crippen molar-refractivity contribution in [1.82, 2.24) is 0 Å². The Hall–Kier alpha value is -5.81. The third-order valence-electron chi connectivity index (χ3n) is 6.82. The van der Waals surface area contributed by atoms with Crippen molar-refractivity contribution < 1.29 is 59.7 Å². The van der Waals surface area contributed by atoms with Crippen molar-refractivity contribution in [2.45, 2.75) is 12.4 Å². The number of alkyl halides is 6. The fourth-order valence-corrected chi connectivity index (χ4v) is 5.67. The van der Waals surface area contributed by atoms with E-state index in [-0.39, 0.29) is 16.7 Å². The predicted octanol–water partition coefficient (Wildman–Crippen LogP) is 8.53. The minimum absolute atomic E-state index is 0.0376. The van der Waals surface area contributed by atoms with Crippen molar-refractivity contribution in [3.05, 3.63) is 155 Å². The second-order valence-corrected chi connectivity index (χ2v) is 11.4. The highest BCUT2D eigenvalue weighted by atomic mass is 31.1. The Balaban J connectivity index is 1.68. The summed E-state index contributed by atoms with van der Waals surface area (Å²) in [5.74, 6) is -4.74. The molecule has 0 saturated heterocycles. The van der Waals surface area contributed by atoms with Gasteiger partial charge in [-0.2, -0.15) is 26.3 Å². The number of carbonyl (C=O) groups excluding carboxylic acids is 4. The summed E-state index contributed by atoms with van der Waals surface area (Å²) in [4.78, 5) is 53.0. The normalized spacial score (nSPS) is 11.6. The molecule has 14 heteroatoms. The molecule has 0 bridgehead atoms. The average Bonchev–Trinajstić information content (AvgIpc) is 3.09. The zero-order chi connectivity index (χ0) is 36.1. The molecule has 0 radical (unpaired) electrons. The van der Waals surface area contributed by atoms with Crippen LogP contribution >= 0.6 is 8.58 Å². The van der Waals surface area contributed by atoms with Gasteiger partial charge < -0.3 is 14.2 Å². The third kappa shape index (κ3) is 8.42. The van der Waals surface area contributed by atoms with E-state index in [1.165, 1.54) is 60.7 Å². The van der Waals surface area contributed by atoms with Crippen LogP contribution in [0.1, 0.15) is 52.6 Å². The second kappa shape index (κ2) is 14.8. The van der Waals surface area contributed by atoms with Crippen LogP contribution in [0.5, 0.6) is 17.2 Å². The van der Waals surface area contributed by atoms with Gasteiger partial charge >= 0.3 is 30.3 Å². The van der Waals surface area contributed by atoms with Gasteiger partial charge in [0.25, 0.3) is 0 Å². The fourth-order valence-electron chi connectivity index (χ4n) is 4.56. The molecule has 5 aromatic carbocycles. The third-order valence-corrected chi connectivity index (χ3v) is 8.04. The van der Waals surface area contributed by atoms with Crippen LogP contribution in [0, 0.1) is 0 Å². The number of rotatable bonds is 9. The molecule has 0 aliphatic heterocycles. The van der Waals surface area contributed by atoms with E-state index < -0.39 is 83.6 Å². The van der Waals surface area contributed by atoms with Gasteiger partial charge in [-0.3, -0.25) is 4.79 Å². The Morgan fingerprint density at radius 2 is 0.840 bits per heavy atom. The molecule has 0 fully saturated rings. The molecule has 50 heavy (non-hydrogen) atoms. The van der Waals surface area contributed by atoms with E-state index in [4.69, 9.17) is 14.2 Å². The van der Waals surface area contributed by atoms with Crippen LogP contribution in [0.15, 0.2) is 121 Å². The van der Waals surface area contributed by atoms with Crippen molar-refractivity contribution in [2.24, 2.45) is 0 Å². The van der Waals surface area contributed by atoms with Gasteiger partial charge in [-0.05, 0) is 57.1 Å². The Bertz CT molecular complexity index is 1940. The standard InChI is InChI=1S/C36H21F6O7P/c37-35(38,39)25-17-10-18-26(36(40,41)42)29(25)34(46)50-30-27(48-32(44)22-13-6-2-7-14-22)19-24(47-31(43)21-11-4-1-5-12-21)20-28(30)49-33(45)23-15-8-3-9-16-23/h1-20,50H. The van der Waals surface area contributed by atoms with Crippen molar-refractivity contribution >= 4 is 37.3 Å². The first-order chi connectivity index (χ1) is 23.7. The summed E-state index contributed by atoms with van der Waals surface area (Å²) >= 11 is 0. The van der Waals surface area contributed by atoms with E-state index in [0.717, 1.165) is 12.1 Å². The molecule has 0 spiro atoms. The van der Waals surface area contributed by atoms with E-state index in [1.807, 2.05) is 0 Å². The van der Waals surface area contributed by atoms with Gasteiger partial charge in [-0.15, -0.1) is 0 Å². The number of benzene rings is 5. The molecule has 0 amide bonds. The van der Waals surface area contributed by atoms with E-state index >= 15 is 0 Å². The Morgan fingerprint density at radius 1 is 0.480 bits per heavy atom. The number of hydrogen-bond acceptors (Lipinski definition) is 7. The van der Waals surface area contributed by atoms with Crippen LogP contribution in [0.2, 0.25) is 0 Å². The molecule has 0 aromatic heterocycles. The number of hydrogen-bond donors (Lipinski definition) is 0. The molecule has 1 atom stereocenters. The first kappa shape index (κ1) is 35.5. The molecule has 7 nitrogen and oxygen atoms in total. The summed E-state index contributed by atoms with van der Waals surface area (Å²) in [5.41, 5.74) is -7.08. The zero-order valence-corrected chi connectivity index (χ0v) is 26.2. The van der Waals surface area contributed by atoms with Crippen LogP contribution in [0.25, 0.3) is 0 Å². The van der Waals surface area contributed by atoms with Crippen LogP contribution in [-0.4, -0.2) is 23.4 Å². The predicted molar refractivity (Wildman–Crippen MR) is 169 cm³/mol. The van der Waals surface area contributed by atoms with Crippen LogP contribution < -0.4 is 19.5 Å². The second-order valence-electron chi connectivity index (χ2n) is 10.2. The lowest BCUT2D eigenvalue weighted by atomic mass is 10.0. The quantitative estimate of drug-likeness (QED) is 0.0655. The number of halogens is 6. The minimum Gasteiger partial charge on any atom is -0.423 e. The highest BCUT2D eigenvalue weighted by Gasteiger charge is 2.43. The van der Waals surface area contributed by atoms with Gasteiger partial charge in [0, 0.05) is 17.7 Å². The van der Waals surface area contributed by atoms with E-state index in [1.54, 1.807) is 30.3 Å². The van der Waals surface area contributed by atoms with Gasteiger partial charge in [0.05, 0.1) is 33.1 Å². The molecule has 0 N–H and O–H groups in total. The van der Waals surface area contributed by atoms with Crippen molar-refractivity contribution in [2.75, 3.05) is 0 Å². The maximum atomic E-state index is 14.0. The fraction of sp³-hybridized carbons (Fsp3) is 0.0556. The monoisotopic (exact) mass is 710 g/mol. The summed E-state index contributed by atoms with van der Waals surface area (Å²) in [6, 6.07) is 25.1. The van der Waals surface area contributed by atoms with Crippen LogP contribution in [-0.2, 0) is 12.4 Å². The van der Waals surface area contributed by atoms with Crippen molar-refractivity contribution in [1.29, 1.82) is 0 Å². The molecular weight excluding hydrogens is 689 g/mol. The summed E-state index contributed by atoms with van der Waals surface area (Å²) in [6.07, 6.45) is -10.8. The van der Waals surface area contributed by atoms with E-state index in [9.17, 15) is 45.5 Å². The lowest BCUT2D eigenvalue weighted by Crippen LogP contribution is -2.22. The maximum absolute atomic E-state index is 14.0. The number of ether oxygens (including phenoxy) is 3. The minimum atomic E-state index is -5.38. The Kier molecular flexibility index (Phi) is 10.5. The zero-order valence-electron chi connectivity index (χ0n) is 25.2. The molecule has 254 valence electrons. The number of esters is 3. The van der Waals surface area contributed by atoms with Gasteiger partial charge in [-0.1, -0.05) is 60.7 Å². The molecule has 0 saturated carbocycles. The number of carbonyl (C=O) groups is 4. The van der Waals surface area contributed by atoms with E-state index in [2.05, 4.69) is 0 Å².